The van der Waals surface area contributed by atoms with Gasteiger partial charge in [0.2, 0.25) is 0 Å². The number of nitro benzene ring substituents is 1. The van der Waals surface area contributed by atoms with Crippen molar-refractivity contribution in [2.45, 2.75) is 12.8 Å². The van der Waals surface area contributed by atoms with Crippen molar-refractivity contribution in [2.24, 2.45) is 0 Å². The van der Waals surface area contributed by atoms with Crippen LogP contribution in [0.3, 0.4) is 0 Å². The minimum atomic E-state index is -0.371. The number of rotatable bonds is 4. The Labute approximate surface area is 95.0 Å². The van der Waals surface area contributed by atoms with Crippen LogP contribution in [0.2, 0.25) is 0 Å². The molecular formula is C12H15N2O2. The first-order valence-electron chi connectivity index (χ1n) is 5.56. The zero-order valence-corrected chi connectivity index (χ0v) is 9.13. The standard InChI is InChI=1S/C12H15N2O2/c15-14(16)12-5-3-11(4-6-12)7-10-13-8-1-2-9-13/h3-7H,1-2,8-10H2. The molecule has 1 radical (unpaired) electrons. The molecule has 4 heteroatoms. The van der Waals surface area contributed by atoms with Gasteiger partial charge < -0.3 is 4.90 Å². The molecule has 1 aromatic carbocycles. The van der Waals surface area contributed by atoms with E-state index in [0.717, 1.165) is 12.1 Å². The fourth-order valence-corrected chi connectivity index (χ4v) is 1.93. The average Bonchev–Trinajstić information content (AvgIpc) is 2.80. The summed E-state index contributed by atoms with van der Waals surface area (Å²) in [6, 6.07) is 6.70. The predicted molar refractivity (Wildman–Crippen MR) is 62.2 cm³/mol. The molecule has 1 aliphatic heterocycles. The Hall–Kier alpha value is -1.42. The van der Waals surface area contributed by atoms with Crippen LogP contribution in [0.1, 0.15) is 18.4 Å². The van der Waals surface area contributed by atoms with E-state index in [1.54, 1.807) is 24.3 Å². The summed E-state index contributed by atoms with van der Waals surface area (Å²) in [5.41, 5.74) is 1.20. The van der Waals surface area contributed by atoms with Crippen molar-refractivity contribution in [3.8, 4) is 0 Å². The molecular weight excluding hydrogens is 204 g/mol. The van der Waals surface area contributed by atoms with Crippen molar-refractivity contribution in [1.82, 2.24) is 4.90 Å². The Morgan fingerprint density at radius 2 is 1.88 bits per heavy atom. The first kappa shape index (κ1) is 11.1. The van der Waals surface area contributed by atoms with Crippen LogP contribution in [0.15, 0.2) is 24.3 Å². The van der Waals surface area contributed by atoms with Crippen LogP contribution in [0.5, 0.6) is 0 Å². The molecule has 0 saturated carbocycles. The smallest absolute Gasteiger partial charge is 0.269 e. The van der Waals surface area contributed by atoms with Gasteiger partial charge in [0.25, 0.3) is 5.69 Å². The summed E-state index contributed by atoms with van der Waals surface area (Å²) in [5, 5.41) is 10.5. The summed E-state index contributed by atoms with van der Waals surface area (Å²) in [6.07, 6.45) is 4.69. The molecule has 2 rings (SSSR count). The van der Waals surface area contributed by atoms with E-state index in [1.807, 2.05) is 0 Å². The Morgan fingerprint density at radius 3 is 2.44 bits per heavy atom. The van der Waals surface area contributed by atoms with Gasteiger partial charge in [-0.25, -0.2) is 0 Å². The summed E-state index contributed by atoms with van der Waals surface area (Å²) in [6.45, 7) is 3.28. The minimum Gasteiger partial charge on any atom is -0.303 e. The highest BCUT2D eigenvalue weighted by molar-refractivity contribution is 5.35. The van der Waals surface area contributed by atoms with Gasteiger partial charge in [-0.05, 0) is 31.5 Å². The van der Waals surface area contributed by atoms with Gasteiger partial charge in [-0.3, -0.25) is 10.1 Å². The van der Waals surface area contributed by atoms with Crippen LogP contribution < -0.4 is 0 Å². The first-order valence-corrected chi connectivity index (χ1v) is 5.56. The van der Waals surface area contributed by atoms with Crippen LogP contribution in [0, 0.1) is 16.5 Å². The van der Waals surface area contributed by atoms with Crippen molar-refractivity contribution in [1.29, 1.82) is 0 Å². The Morgan fingerprint density at radius 1 is 1.25 bits per heavy atom. The third-order valence-corrected chi connectivity index (χ3v) is 2.89. The van der Waals surface area contributed by atoms with Gasteiger partial charge in [0.1, 0.15) is 0 Å². The molecule has 1 aliphatic rings. The third kappa shape index (κ3) is 2.79. The normalized spacial score (nSPS) is 16.5. The van der Waals surface area contributed by atoms with E-state index >= 15 is 0 Å². The second-order valence-corrected chi connectivity index (χ2v) is 4.06. The number of likely N-dealkylation sites (tertiary alicyclic amines) is 1. The lowest BCUT2D eigenvalue weighted by atomic mass is 10.1. The average molecular weight is 219 g/mol. The summed E-state index contributed by atoms with van der Waals surface area (Å²) in [7, 11) is 0. The van der Waals surface area contributed by atoms with Crippen LogP contribution >= 0.6 is 0 Å². The Bertz CT molecular complexity index is 356. The lowest BCUT2D eigenvalue weighted by Gasteiger charge is -2.13. The van der Waals surface area contributed by atoms with E-state index in [-0.39, 0.29) is 10.6 Å². The van der Waals surface area contributed by atoms with Gasteiger partial charge >= 0.3 is 0 Å². The molecule has 1 aromatic rings. The maximum atomic E-state index is 10.5. The molecule has 0 bridgehead atoms. The summed E-state index contributed by atoms with van der Waals surface area (Å²) >= 11 is 0. The Kier molecular flexibility index (Phi) is 3.51. The first-order chi connectivity index (χ1) is 7.75. The van der Waals surface area contributed by atoms with Crippen molar-refractivity contribution in [3.63, 3.8) is 0 Å². The largest absolute Gasteiger partial charge is 0.303 e. The van der Waals surface area contributed by atoms with Crippen LogP contribution in [0.25, 0.3) is 0 Å². The number of benzene rings is 1. The van der Waals surface area contributed by atoms with Gasteiger partial charge in [0.15, 0.2) is 0 Å². The molecule has 0 aliphatic carbocycles. The number of nitrogens with zero attached hydrogens (tertiary/aromatic N) is 2. The van der Waals surface area contributed by atoms with E-state index in [9.17, 15) is 10.1 Å². The Balaban J connectivity index is 1.87. The van der Waals surface area contributed by atoms with Gasteiger partial charge in [0, 0.05) is 25.1 Å². The van der Waals surface area contributed by atoms with E-state index in [4.69, 9.17) is 0 Å². The highest BCUT2D eigenvalue weighted by atomic mass is 16.6. The van der Waals surface area contributed by atoms with Crippen LogP contribution in [-0.2, 0) is 0 Å². The van der Waals surface area contributed by atoms with E-state index < -0.39 is 0 Å². The molecule has 0 atom stereocenters. The van der Waals surface area contributed by atoms with Gasteiger partial charge in [-0.15, -0.1) is 0 Å². The molecule has 1 fully saturated rings. The predicted octanol–water partition coefficient (Wildman–Crippen LogP) is 2.24. The molecule has 4 nitrogen and oxygen atoms in total. The zero-order chi connectivity index (χ0) is 11.4. The van der Waals surface area contributed by atoms with Crippen LogP contribution in [-0.4, -0.2) is 29.5 Å². The molecule has 85 valence electrons. The topological polar surface area (TPSA) is 46.4 Å². The third-order valence-electron chi connectivity index (χ3n) is 2.89. The molecule has 1 heterocycles. The maximum absolute atomic E-state index is 10.5. The van der Waals surface area contributed by atoms with Crippen LogP contribution in [0.4, 0.5) is 5.69 Å². The number of hydrogen-bond acceptors (Lipinski definition) is 3. The second-order valence-electron chi connectivity index (χ2n) is 4.06. The highest BCUT2D eigenvalue weighted by Gasteiger charge is 2.11. The van der Waals surface area contributed by atoms with Crippen molar-refractivity contribution < 1.29 is 4.92 Å². The summed E-state index contributed by atoms with van der Waals surface area (Å²) < 4.78 is 0. The lowest BCUT2D eigenvalue weighted by molar-refractivity contribution is -0.384. The maximum Gasteiger partial charge on any atom is 0.269 e. The summed E-state index contributed by atoms with van der Waals surface area (Å²) in [5.74, 6) is 0. The van der Waals surface area contributed by atoms with Gasteiger partial charge in [-0.2, -0.15) is 0 Å². The number of non-ortho nitro benzene ring substituents is 1. The molecule has 16 heavy (non-hydrogen) atoms. The molecule has 1 saturated heterocycles. The second kappa shape index (κ2) is 5.07. The number of nitro groups is 1. The van der Waals surface area contributed by atoms with E-state index in [0.29, 0.717) is 0 Å². The lowest BCUT2D eigenvalue weighted by Crippen LogP contribution is -2.20. The van der Waals surface area contributed by atoms with Crippen molar-refractivity contribution >= 4 is 5.69 Å². The van der Waals surface area contributed by atoms with E-state index in [1.165, 1.54) is 25.9 Å². The summed E-state index contributed by atoms with van der Waals surface area (Å²) in [4.78, 5) is 12.5. The fourth-order valence-electron chi connectivity index (χ4n) is 1.93. The van der Waals surface area contributed by atoms with Gasteiger partial charge in [0.05, 0.1) is 4.92 Å². The quantitative estimate of drug-likeness (QED) is 0.576. The van der Waals surface area contributed by atoms with Gasteiger partial charge in [-0.1, -0.05) is 12.1 Å². The minimum absolute atomic E-state index is 0.151. The highest BCUT2D eigenvalue weighted by Crippen LogP contribution is 2.14. The van der Waals surface area contributed by atoms with E-state index in [2.05, 4.69) is 11.3 Å². The molecule has 0 spiro atoms. The number of hydrogen-bond donors (Lipinski definition) is 0. The molecule has 0 aromatic heterocycles. The monoisotopic (exact) mass is 219 g/mol. The molecule has 0 N–H and O–H groups in total. The van der Waals surface area contributed by atoms with Crippen molar-refractivity contribution in [3.05, 3.63) is 46.4 Å². The SMILES string of the molecule is O=[N+]([O-])c1ccc([CH]CN2CCCC2)cc1. The fraction of sp³-hybridized carbons (Fsp3) is 0.417. The molecule has 0 unspecified atom stereocenters. The zero-order valence-electron chi connectivity index (χ0n) is 9.13. The molecule has 0 amide bonds. The van der Waals surface area contributed by atoms with Crippen molar-refractivity contribution in [2.75, 3.05) is 19.6 Å².